The van der Waals surface area contributed by atoms with Gasteiger partial charge in [0.1, 0.15) is 5.82 Å². The Labute approximate surface area is 225 Å². The number of carbonyl (C=O) groups is 1. The van der Waals surface area contributed by atoms with Crippen LogP contribution in [0, 0.1) is 29.1 Å². The minimum atomic E-state index is -0.396. The molecule has 202 valence electrons. The van der Waals surface area contributed by atoms with E-state index in [1.54, 1.807) is 17.0 Å². The lowest BCUT2D eigenvalue weighted by atomic mass is 9.97. The van der Waals surface area contributed by atoms with Crippen LogP contribution in [0.1, 0.15) is 38.8 Å². The lowest BCUT2D eigenvalue weighted by molar-refractivity contribution is 0.118. The highest BCUT2D eigenvalue weighted by Crippen LogP contribution is 2.30. The van der Waals surface area contributed by atoms with Gasteiger partial charge in [-0.15, -0.1) is 0 Å². The first kappa shape index (κ1) is 27.4. The van der Waals surface area contributed by atoms with E-state index in [2.05, 4.69) is 60.4 Å². The van der Waals surface area contributed by atoms with Crippen molar-refractivity contribution in [1.82, 2.24) is 20.0 Å². The molecule has 2 aromatic carbocycles. The fraction of sp³-hybridized carbons (Fsp3) is 0.483. The van der Waals surface area contributed by atoms with Gasteiger partial charge in [0, 0.05) is 45.0 Å². The van der Waals surface area contributed by atoms with Gasteiger partial charge in [0.2, 0.25) is 5.96 Å². The number of hydrogen-bond donors (Lipinski definition) is 2. The molecule has 1 saturated heterocycles. The molecule has 2 aromatic rings. The molecule has 1 atom stereocenters. The Kier molecular flexibility index (Phi) is 8.85. The Hall–Kier alpha value is -3.64. The van der Waals surface area contributed by atoms with Crippen molar-refractivity contribution in [2.75, 3.05) is 38.0 Å². The van der Waals surface area contributed by atoms with Crippen molar-refractivity contribution in [1.29, 1.82) is 5.26 Å². The normalized spacial score (nSPS) is 18.4. The van der Waals surface area contributed by atoms with Crippen LogP contribution in [0.2, 0.25) is 0 Å². The van der Waals surface area contributed by atoms with E-state index in [0.29, 0.717) is 37.2 Å². The van der Waals surface area contributed by atoms with E-state index in [1.807, 2.05) is 12.1 Å². The summed E-state index contributed by atoms with van der Waals surface area (Å²) >= 11 is 0. The number of anilines is 1. The summed E-state index contributed by atoms with van der Waals surface area (Å²) in [5.41, 5.74) is 3.83. The molecule has 0 bridgehead atoms. The number of carbonyl (C=O) groups excluding carboxylic acids is 1. The van der Waals surface area contributed by atoms with Gasteiger partial charge in [-0.05, 0) is 53.6 Å². The molecule has 4 rings (SSSR count). The second kappa shape index (κ2) is 12.3. The van der Waals surface area contributed by atoms with Crippen molar-refractivity contribution in [2.45, 2.75) is 46.7 Å². The molecule has 2 aliphatic rings. The number of rotatable bonds is 5. The second-order valence-electron chi connectivity index (χ2n) is 10.9. The summed E-state index contributed by atoms with van der Waals surface area (Å²) in [6.45, 7) is 13.1. The van der Waals surface area contributed by atoms with Crippen LogP contribution < -0.4 is 10.6 Å². The van der Waals surface area contributed by atoms with Gasteiger partial charge in [0.05, 0.1) is 11.7 Å². The second-order valence-corrected chi connectivity index (χ2v) is 10.9. The SMILES string of the molecule is CC(C)CN1CCc2c(cccc2N=C(NC#N)N2CCN(C(=O)Nc3cccc(F)c3)CC2C(C)C)C1. The fourth-order valence-electron chi connectivity index (χ4n) is 5.35. The number of benzene rings is 2. The van der Waals surface area contributed by atoms with Crippen LogP contribution >= 0.6 is 0 Å². The zero-order valence-corrected chi connectivity index (χ0v) is 22.7. The average molecular weight is 520 g/mol. The zero-order valence-electron chi connectivity index (χ0n) is 22.7. The highest BCUT2D eigenvalue weighted by atomic mass is 19.1. The summed E-state index contributed by atoms with van der Waals surface area (Å²) in [5.74, 6) is 0.924. The van der Waals surface area contributed by atoms with Gasteiger partial charge in [-0.2, -0.15) is 5.26 Å². The number of piperazine rings is 1. The largest absolute Gasteiger partial charge is 0.335 e. The maximum absolute atomic E-state index is 13.6. The molecule has 38 heavy (non-hydrogen) atoms. The first-order chi connectivity index (χ1) is 18.2. The van der Waals surface area contributed by atoms with Gasteiger partial charge in [-0.1, -0.05) is 45.9 Å². The molecule has 0 radical (unpaired) electrons. The van der Waals surface area contributed by atoms with E-state index in [0.717, 1.165) is 31.7 Å². The van der Waals surface area contributed by atoms with Crippen molar-refractivity contribution < 1.29 is 9.18 Å². The van der Waals surface area contributed by atoms with Crippen LogP contribution in [0.3, 0.4) is 0 Å². The van der Waals surface area contributed by atoms with Crippen LogP contribution in [-0.2, 0) is 13.0 Å². The molecule has 2 aliphatic heterocycles. The third-order valence-corrected chi connectivity index (χ3v) is 7.16. The number of aliphatic imine (C=N–C) groups is 1. The highest BCUT2D eigenvalue weighted by molar-refractivity contribution is 5.90. The third kappa shape index (κ3) is 6.62. The Morgan fingerprint density at radius 2 is 1.95 bits per heavy atom. The molecule has 0 aliphatic carbocycles. The molecular formula is C29H38FN7O. The van der Waals surface area contributed by atoms with E-state index < -0.39 is 5.82 Å². The summed E-state index contributed by atoms with van der Waals surface area (Å²) < 4.78 is 13.6. The molecule has 8 nitrogen and oxygen atoms in total. The average Bonchev–Trinajstić information content (AvgIpc) is 2.87. The Bertz CT molecular complexity index is 1210. The highest BCUT2D eigenvalue weighted by Gasteiger charge is 2.34. The molecule has 9 heteroatoms. The number of urea groups is 1. The van der Waals surface area contributed by atoms with Crippen LogP contribution in [0.15, 0.2) is 47.5 Å². The molecule has 1 unspecified atom stereocenters. The maximum atomic E-state index is 13.6. The number of nitrogens with one attached hydrogen (secondary N) is 2. The van der Waals surface area contributed by atoms with Crippen molar-refractivity contribution in [3.05, 3.63) is 59.4 Å². The summed E-state index contributed by atoms with van der Waals surface area (Å²) in [5, 5.41) is 15.2. The topological polar surface area (TPSA) is 87.0 Å². The number of nitriles is 1. The van der Waals surface area contributed by atoms with Crippen LogP contribution in [0.4, 0.5) is 20.6 Å². The minimum Gasteiger partial charge on any atom is -0.335 e. The number of amides is 2. The summed E-state index contributed by atoms with van der Waals surface area (Å²) in [7, 11) is 0. The molecule has 0 saturated carbocycles. The van der Waals surface area contributed by atoms with Gasteiger partial charge >= 0.3 is 6.03 Å². The van der Waals surface area contributed by atoms with Crippen molar-refractivity contribution >= 4 is 23.4 Å². The first-order valence-electron chi connectivity index (χ1n) is 13.4. The molecule has 2 heterocycles. The smallest absolute Gasteiger partial charge is 0.321 e. The van der Waals surface area contributed by atoms with E-state index in [9.17, 15) is 14.4 Å². The van der Waals surface area contributed by atoms with Crippen LogP contribution in [0.25, 0.3) is 0 Å². The summed E-state index contributed by atoms with van der Waals surface area (Å²) in [6, 6.07) is 11.8. The Balaban J connectivity index is 1.54. The molecule has 0 spiro atoms. The predicted molar refractivity (Wildman–Crippen MR) is 148 cm³/mol. The predicted octanol–water partition coefficient (Wildman–Crippen LogP) is 4.77. The van der Waals surface area contributed by atoms with E-state index >= 15 is 0 Å². The molecular weight excluding hydrogens is 481 g/mol. The standard InChI is InChI=1S/C29H38FN7O/c1-20(2)16-35-12-11-25-22(17-35)7-5-10-26(25)34-28(32-19-31)37-14-13-36(18-27(37)21(3)4)29(38)33-24-9-6-8-23(30)15-24/h5-10,15,20-21,27H,11-14,16-18H2,1-4H3,(H,32,34)(H,33,38). The van der Waals surface area contributed by atoms with Crippen molar-refractivity contribution in [3.8, 4) is 6.19 Å². The Morgan fingerprint density at radius 1 is 1.16 bits per heavy atom. The van der Waals surface area contributed by atoms with Gasteiger partial charge in [0.15, 0.2) is 6.19 Å². The summed E-state index contributed by atoms with van der Waals surface area (Å²) in [6.07, 6.45) is 2.99. The maximum Gasteiger partial charge on any atom is 0.321 e. The number of halogens is 1. The lowest BCUT2D eigenvalue weighted by Crippen LogP contribution is -2.60. The van der Waals surface area contributed by atoms with Crippen molar-refractivity contribution in [3.63, 3.8) is 0 Å². The lowest BCUT2D eigenvalue weighted by Gasteiger charge is -2.44. The number of nitrogens with zero attached hydrogens (tertiary/aromatic N) is 5. The molecule has 0 aromatic heterocycles. The number of hydrogen-bond acceptors (Lipinski definition) is 4. The Morgan fingerprint density at radius 3 is 2.66 bits per heavy atom. The third-order valence-electron chi connectivity index (χ3n) is 7.16. The first-order valence-corrected chi connectivity index (χ1v) is 13.4. The monoisotopic (exact) mass is 519 g/mol. The van der Waals surface area contributed by atoms with E-state index in [-0.39, 0.29) is 18.0 Å². The minimum absolute atomic E-state index is 0.0531. The molecule has 2 amide bonds. The van der Waals surface area contributed by atoms with E-state index in [4.69, 9.17) is 4.99 Å². The number of fused-ring (bicyclic) bond motifs is 1. The zero-order chi connectivity index (χ0) is 27.2. The van der Waals surface area contributed by atoms with Gasteiger partial charge in [0.25, 0.3) is 0 Å². The van der Waals surface area contributed by atoms with Gasteiger partial charge in [-0.25, -0.2) is 14.2 Å². The quantitative estimate of drug-likeness (QED) is 0.257. The fourth-order valence-corrected chi connectivity index (χ4v) is 5.35. The molecule has 2 N–H and O–H groups in total. The van der Waals surface area contributed by atoms with Crippen LogP contribution in [0.5, 0.6) is 0 Å². The van der Waals surface area contributed by atoms with Crippen molar-refractivity contribution in [2.24, 2.45) is 16.8 Å². The summed E-state index contributed by atoms with van der Waals surface area (Å²) in [4.78, 5) is 24.3. The van der Waals surface area contributed by atoms with Crippen LogP contribution in [-0.4, -0.2) is 65.5 Å². The van der Waals surface area contributed by atoms with E-state index in [1.165, 1.54) is 23.3 Å². The molecule has 1 fully saturated rings. The number of guanidine groups is 1. The van der Waals surface area contributed by atoms with Gasteiger partial charge < -0.3 is 15.1 Å². The van der Waals surface area contributed by atoms with Gasteiger partial charge in [-0.3, -0.25) is 10.2 Å².